The summed E-state index contributed by atoms with van der Waals surface area (Å²) in [5.74, 6) is 0. The molecule has 8 aromatic carbocycles. The van der Waals surface area contributed by atoms with Crippen molar-refractivity contribution in [1.29, 1.82) is 0 Å². The van der Waals surface area contributed by atoms with Crippen LogP contribution in [0.1, 0.15) is 11.0 Å². The van der Waals surface area contributed by atoms with Gasteiger partial charge in [-0.25, -0.2) is 0 Å². The molecular formula is C40H24S. The Bertz CT molecular complexity index is 2710. The van der Waals surface area contributed by atoms with E-state index < -0.39 is 24.2 Å². The van der Waals surface area contributed by atoms with Crippen LogP contribution in [0.15, 0.2) is 155 Å². The Morgan fingerprint density at radius 1 is 0.439 bits per heavy atom. The van der Waals surface area contributed by atoms with Crippen LogP contribution in [0.5, 0.6) is 0 Å². The molecule has 0 fully saturated rings. The van der Waals surface area contributed by atoms with Crippen LogP contribution in [0.4, 0.5) is 0 Å². The summed E-state index contributed by atoms with van der Waals surface area (Å²) in [5.41, 5.74) is 4.07. The summed E-state index contributed by atoms with van der Waals surface area (Å²) in [5, 5.41) is 4.57. The van der Waals surface area contributed by atoms with Gasteiger partial charge in [-0.15, -0.1) is 0 Å². The quantitative estimate of drug-likeness (QED) is 0.195. The Hall–Kier alpha value is -4.85. The SMILES string of the molecule is [2H]c1c([2H])c([2H])c2c(-c3ccc4c5c(cccc35)Sc3ccccc3-4)c3c([2H])c([2H])c([2H])c([2H])c3c(-c3ccc4ccccc4c3)c2c1[2H]. The minimum Gasteiger partial charge on any atom is -0.0888 e. The fourth-order valence-electron chi connectivity index (χ4n) is 6.33. The number of hydrogen-bond donors (Lipinski definition) is 0. The Kier molecular flexibility index (Phi) is 3.54. The number of hydrogen-bond acceptors (Lipinski definition) is 1. The van der Waals surface area contributed by atoms with Crippen molar-refractivity contribution in [3.05, 3.63) is 145 Å². The molecule has 41 heavy (non-hydrogen) atoms. The van der Waals surface area contributed by atoms with Gasteiger partial charge in [-0.2, -0.15) is 0 Å². The highest BCUT2D eigenvalue weighted by Gasteiger charge is 2.23. The molecule has 0 radical (unpaired) electrons. The van der Waals surface area contributed by atoms with Crippen LogP contribution < -0.4 is 0 Å². The summed E-state index contributed by atoms with van der Waals surface area (Å²) < 4.78 is 72.4. The van der Waals surface area contributed by atoms with E-state index >= 15 is 0 Å². The minimum atomic E-state index is -0.407. The van der Waals surface area contributed by atoms with Gasteiger partial charge >= 0.3 is 0 Å². The van der Waals surface area contributed by atoms with Crippen molar-refractivity contribution in [2.24, 2.45) is 0 Å². The second-order valence-corrected chi connectivity index (χ2v) is 11.3. The van der Waals surface area contributed by atoms with Crippen LogP contribution in [0.2, 0.25) is 0 Å². The molecule has 0 spiro atoms. The third-order valence-corrected chi connectivity index (χ3v) is 9.22. The molecule has 8 aromatic rings. The average Bonchev–Trinajstić information content (AvgIpc) is 3.13. The van der Waals surface area contributed by atoms with Crippen molar-refractivity contribution in [1.82, 2.24) is 0 Å². The van der Waals surface area contributed by atoms with Gasteiger partial charge in [0.25, 0.3) is 0 Å². The van der Waals surface area contributed by atoms with Crippen LogP contribution in [0, 0.1) is 0 Å². The highest BCUT2D eigenvalue weighted by Crippen LogP contribution is 2.51. The molecule has 0 saturated carbocycles. The van der Waals surface area contributed by atoms with E-state index in [0.717, 1.165) is 42.5 Å². The molecule has 0 aromatic heterocycles. The second kappa shape index (κ2) is 8.83. The van der Waals surface area contributed by atoms with Gasteiger partial charge in [0.05, 0.1) is 11.0 Å². The summed E-state index contributed by atoms with van der Waals surface area (Å²) in [4.78, 5) is 2.17. The first-order valence-electron chi connectivity index (χ1n) is 17.5. The van der Waals surface area contributed by atoms with Crippen LogP contribution in [-0.4, -0.2) is 0 Å². The van der Waals surface area contributed by atoms with Crippen molar-refractivity contribution in [2.45, 2.75) is 9.79 Å². The first-order chi connectivity index (χ1) is 23.7. The maximum atomic E-state index is 9.35. The van der Waals surface area contributed by atoms with Gasteiger partial charge in [-0.1, -0.05) is 139 Å². The number of benzene rings is 8. The third-order valence-electron chi connectivity index (χ3n) is 8.08. The van der Waals surface area contributed by atoms with Crippen molar-refractivity contribution in [3.8, 4) is 33.4 Å². The molecule has 0 N–H and O–H groups in total. The molecule has 0 amide bonds. The smallest absolute Gasteiger partial charge is 0.0629 e. The normalized spacial score (nSPS) is 15.0. The molecule has 0 saturated heterocycles. The van der Waals surface area contributed by atoms with Gasteiger partial charge in [-0.05, 0) is 89.3 Å². The van der Waals surface area contributed by atoms with Crippen LogP contribution in [0.3, 0.4) is 0 Å². The molecule has 0 atom stereocenters. The van der Waals surface area contributed by atoms with E-state index in [1.807, 2.05) is 78.9 Å². The zero-order valence-electron chi connectivity index (χ0n) is 29.6. The standard InChI is InChI=1S/C40H24S/c1-2-11-26-24-27(21-20-25(26)10-1)38-29-13-3-5-15-31(29)39(32-16-6-4-14-30(32)38)35-23-22-34-28-12-7-8-18-36(28)41-37-19-9-17-33(35)40(34)37/h1-24H/i3D,4D,5D,6D,13D,14D,15D,16D. The predicted molar refractivity (Wildman–Crippen MR) is 177 cm³/mol. The van der Waals surface area contributed by atoms with Gasteiger partial charge in [-0.3, -0.25) is 0 Å². The molecule has 1 heteroatoms. The summed E-state index contributed by atoms with van der Waals surface area (Å²) >= 11 is 1.66. The predicted octanol–water partition coefficient (Wildman–Crippen LogP) is 11.8. The summed E-state index contributed by atoms with van der Waals surface area (Å²) in [6, 6.07) is 29.0. The highest BCUT2D eigenvalue weighted by atomic mass is 32.2. The Labute approximate surface area is 254 Å². The van der Waals surface area contributed by atoms with Crippen molar-refractivity contribution in [2.75, 3.05) is 0 Å². The Morgan fingerprint density at radius 3 is 1.85 bits per heavy atom. The fraction of sp³-hybridized carbons (Fsp3) is 0. The number of fused-ring (bicyclic) bond motifs is 5. The first-order valence-corrected chi connectivity index (χ1v) is 14.3. The largest absolute Gasteiger partial charge is 0.0888 e. The van der Waals surface area contributed by atoms with E-state index in [1.54, 1.807) is 11.8 Å². The van der Waals surface area contributed by atoms with Crippen LogP contribution >= 0.6 is 11.8 Å². The van der Waals surface area contributed by atoms with Crippen LogP contribution in [-0.2, 0) is 0 Å². The van der Waals surface area contributed by atoms with Gasteiger partial charge in [0, 0.05) is 15.2 Å². The monoisotopic (exact) mass is 544 g/mol. The zero-order valence-corrected chi connectivity index (χ0v) is 22.5. The molecule has 1 aliphatic heterocycles. The second-order valence-electron chi connectivity index (χ2n) is 10.2. The minimum absolute atomic E-state index is 0.217. The topological polar surface area (TPSA) is 0 Å². The third kappa shape index (κ3) is 3.36. The van der Waals surface area contributed by atoms with Gasteiger partial charge in [0.2, 0.25) is 0 Å². The van der Waals surface area contributed by atoms with E-state index in [4.69, 9.17) is 5.48 Å². The molecule has 1 aliphatic rings. The van der Waals surface area contributed by atoms with Crippen LogP contribution in [0.25, 0.3) is 76.5 Å². The van der Waals surface area contributed by atoms with Crippen molar-refractivity contribution in [3.63, 3.8) is 0 Å². The molecule has 0 unspecified atom stereocenters. The molecule has 1 heterocycles. The van der Waals surface area contributed by atoms with Gasteiger partial charge in [0.15, 0.2) is 0 Å². The molecule has 0 bridgehead atoms. The lowest BCUT2D eigenvalue weighted by Gasteiger charge is -2.23. The zero-order chi connectivity index (χ0) is 33.9. The Morgan fingerprint density at radius 2 is 1.07 bits per heavy atom. The molecular weight excluding hydrogens is 513 g/mol. The molecule has 0 aliphatic carbocycles. The Balaban J connectivity index is 1.55. The summed E-state index contributed by atoms with van der Waals surface area (Å²) in [6.07, 6.45) is 0. The fourth-order valence-corrected chi connectivity index (χ4v) is 7.47. The lowest BCUT2D eigenvalue weighted by molar-refractivity contribution is 1.40. The highest BCUT2D eigenvalue weighted by molar-refractivity contribution is 7.99. The van der Waals surface area contributed by atoms with E-state index in [9.17, 15) is 5.48 Å². The van der Waals surface area contributed by atoms with Gasteiger partial charge in [0.1, 0.15) is 0 Å². The lowest BCUT2D eigenvalue weighted by atomic mass is 9.83. The summed E-state index contributed by atoms with van der Waals surface area (Å²) in [7, 11) is 0. The maximum absolute atomic E-state index is 9.35. The molecule has 0 nitrogen and oxygen atoms in total. The van der Waals surface area contributed by atoms with E-state index in [-0.39, 0.29) is 45.7 Å². The first kappa shape index (κ1) is 16.4. The van der Waals surface area contributed by atoms with E-state index in [0.29, 0.717) is 22.3 Å². The van der Waals surface area contributed by atoms with Gasteiger partial charge < -0.3 is 0 Å². The summed E-state index contributed by atoms with van der Waals surface area (Å²) in [6.45, 7) is 0. The maximum Gasteiger partial charge on any atom is 0.0629 e. The molecule has 9 rings (SSSR count). The van der Waals surface area contributed by atoms with E-state index in [1.165, 1.54) is 0 Å². The number of rotatable bonds is 2. The van der Waals surface area contributed by atoms with E-state index in [2.05, 4.69) is 18.2 Å². The van der Waals surface area contributed by atoms with Crippen molar-refractivity contribution >= 4 is 54.9 Å². The lowest BCUT2D eigenvalue weighted by Crippen LogP contribution is -1.95. The molecule has 190 valence electrons. The van der Waals surface area contributed by atoms with Crippen molar-refractivity contribution < 1.29 is 11.0 Å². The average molecular weight is 545 g/mol.